The zero-order valence-corrected chi connectivity index (χ0v) is 16.4. The third-order valence-corrected chi connectivity index (χ3v) is 4.57. The minimum absolute atomic E-state index is 0.0207. The second kappa shape index (κ2) is 8.05. The highest BCUT2D eigenvalue weighted by Gasteiger charge is 2.31. The molecule has 1 aliphatic rings. The molecule has 7 nitrogen and oxygen atoms in total. The van der Waals surface area contributed by atoms with Crippen molar-refractivity contribution in [3.05, 3.63) is 57.1 Å². The quantitative estimate of drug-likeness (QED) is 0.521. The molecule has 0 saturated carbocycles. The van der Waals surface area contributed by atoms with Crippen molar-refractivity contribution >= 4 is 23.0 Å². The Morgan fingerprint density at radius 3 is 2.28 bits per heavy atom. The highest BCUT2D eigenvalue weighted by atomic mass is 35.5. The molecule has 0 radical (unpaired) electrons. The molecule has 1 aliphatic heterocycles. The molecule has 0 unspecified atom stereocenters. The molecule has 29 heavy (non-hydrogen) atoms. The monoisotopic (exact) mass is 430 g/mol. The fourth-order valence-electron chi connectivity index (χ4n) is 3.14. The van der Waals surface area contributed by atoms with Crippen LogP contribution in [0.3, 0.4) is 0 Å². The van der Waals surface area contributed by atoms with Gasteiger partial charge >= 0.3 is 6.18 Å². The summed E-state index contributed by atoms with van der Waals surface area (Å²) >= 11 is 5.94. The number of ether oxygens (including phenoxy) is 1. The third-order valence-electron chi connectivity index (χ3n) is 4.28. The number of nitro benzene ring substituents is 1. The van der Waals surface area contributed by atoms with Crippen molar-refractivity contribution in [1.82, 2.24) is 9.80 Å². The van der Waals surface area contributed by atoms with Crippen LogP contribution in [-0.4, -0.2) is 48.8 Å². The molecule has 2 aromatic carbocycles. The SMILES string of the molecule is CN1CN(C)CN(c2cc(Oc3ccc(C(F)(F)F)cc3Cl)ccc2[N+](=O)[O-])C1. The fraction of sp³-hybridized carbons (Fsp3) is 0.333. The minimum atomic E-state index is -4.52. The van der Waals surface area contributed by atoms with Crippen LogP contribution in [0.25, 0.3) is 0 Å². The molecule has 156 valence electrons. The summed E-state index contributed by atoms with van der Waals surface area (Å²) in [6.07, 6.45) is -4.52. The lowest BCUT2D eigenvalue weighted by Crippen LogP contribution is -2.52. The first-order valence-electron chi connectivity index (χ1n) is 8.49. The number of halogens is 4. The molecule has 0 N–H and O–H groups in total. The van der Waals surface area contributed by atoms with Gasteiger partial charge in [0.05, 0.1) is 35.5 Å². The van der Waals surface area contributed by atoms with Crippen LogP contribution in [-0.2, 0) is 6.18 Å². The van der Waals surface area contributed by atoms with Crippen molar-refractivity contribution < 1.29 is 22.8 Å². The maximum Gasteiger partial charge on any atom is 0.416 e. The lowest BCUT2D eigenvalue weighted by atomic mass is 10.2. The summed E-state index contributed by atoms with van der Waals surface area (Å²) < 4.78 is 44.0. The summed E-state index contributed by atoms with van der Waals surface area (Å²) in [6.45, 7) is 1.65. The van der Waals surface area contributed by atoms with Crippen LogP contribution in [0.5, 0.6) is 11.5 Å². The van der Waals surface area contributed by atoms with Gasteiger partial charge in [-0.05, 0) is 38.4 Å². The van der Waals surface area contributed by atoms with E-state index in [2.05, 4.69) is 0 Å². The summed E-state index contributed by atoms with van der Waals surface area (Å²) in [5.41, 5.74) is -0.646. The predicted molar refractivity (Wildman–Crippen MR) is 102 cm³/mol. The van der Waals surface area contributed by atoms with Crippen molar-refractivity contribution in [2.45, 2.75) is 6.18 Å². The molecule has 0 amide bonds. The van der Waals surface area contributed by atoms with Crippen LogP contribution >= 0.6 is 11.6 Å². The molecule has 0 spiro atoms. The molecule has 0 bridgehead atoms. The van der Waals surface area contributed by atoms with Gasteiger partial charge in [0.15, 0.2) is 0 Å². The van der Waals surface area contributed by atoms with Crippen LogP contribution in [0.2, 0.25) is 5.02 Å². The number of hydrogen-bond acceptors (Lipinski definition) is 6. The maximum atomic E-state index is 12.8. The Balaban J connectivity index is 1.92. The molecule has 1 saturated heterocycles. The molecule has 11 heteroatoms. The highest BCUT2D eigenvalue weighted by molar-refractivity contribution is 6.32. The molecule has 1 heterocycles. The summed E-state index contributed by atoms with van der Waals surface area (Å²) in [4.78, 5) is 16.7. The lowest BCUT2D eigenvalue weighted by Gasteiger charge is -2.39. The van der Waals surface area contributed by atoms with E-state index in [1.54, 1.807) is 0 Å². The van der Waals surface area contributed by atoms with Crippen LogP contribution in [0.1, 0.15) is 5.56 Å². The van der Waals surface area contributed by atoms with Gasteiger partial charge in [-0.2, -0.15) is 13.2 Å². The molecular formula is C18H18ClF3N4O3. The first-order valence-corrected chi connectivity index (χ1v) is 8.87. The van der Waals surface area contributed by atoms with Crippen molar-refractivity contribution in [2.24, 2.45) is 0 Å². The first kappa shape index (κ1) is 21.2. The Morgan fingerprint density at radius 1 is 1.07 bits per heavy atom. The summed E-state index contributed by atoms with van der Waals surface area (Å²) in [6, 6.07) is 6.93. The van der Waals surface area contributed by atoms with Crippen LogP contribution < -0.4 is 9.64 Å². The second-order valence-electron chi connectivity index (χ2n) is 6.83. The molecular weight excluding hydrogens is 413 g/mol. The number of anilines is 1. The largest absolute Gasteiger partial charge is 0.456 e. The average molecular weight is 431 g/mol. The van der Waals surface area contributed by atoms with E-state index < -0.39 is 16.7 Å². The van der Waals surface area contributed by atoms with Gasteiger partial charge in [0, 0.05) is 12.1 Å². The van der Waals surface area contributed by atoms with Crippen molar-refractivity contribution in [2.75, 3.05) is 39.0 Å². The summed E-state index contributed by atoms with van der Waals surface area (Å²) in [5.74, 6) is 0.246. The van der Waals surface area contributed by atoms with Gasteiger partial charge in [-0.1, -0.05) is 11.6 Å². The Kier molecular flexibility index (Phi) is 5.87. The van der Waals surface area contributed by atoms with Gasteiger partial charge in [-0.3, -0.25) is 19.9 Å². The van der Waals surface area contributed by atoms with Crippen LogP contribution in [0, 0.1) is 10.1 Å². The number of benzene rings is 2. The number of nitrogens with zero attached hydrogens (tertiary/aromatic N) is 4. The minimum Gasteiger partial charge on any atom is -0.456 e. The van der Waals surface area contributed by atoms with Gasteiger partial charge in [0.25, 0.3) is 5.69 Å². The van der Waals surface area contributed by atoms with Crippen molar-refractivity contribution in [1.29, 1.82) is 0 Å². The summed E-state index contributed by atoms with van der Waals surface area (Å²) in [7, 11) is 3.77. The van der Waals surface area contributed by atoms with E-state index >= 15 is 0 Å². The lowest BCUT2D eigenvalue weighted by molar-refractivity contribution is -0.384. The second-order valence-corrected chi connectivity index (χ2v) is 7.24. The maximum absolute atomic E-state index is 12.8. The van der Waals surface area contributed by atoms with Gasteiger partial charge in [-0.15, -0.1) is 0 Å². The average Bonchev–Trinajstić information content (AvgIpc) is 2.61. The van der Waals surface area contributed by atoms with E-state index in [1.807, 2.05) is 28.8 Å². The molecule has 3 rings (SSSR count). The zero-order chi connectivity index (χ0) is 21.3. The topological polar surface area (TPSA) is 62.1 Å². The standard InChI is InChI=1S/C18H18ClF3N4O3/c1-23-9-24(2)11-25(10-23)16-8-13(4-5-15(16)26(27)28)29-17-6-3-12(7-14(17)19)18(20,21)22/h3-8H,9-11H2,1-2H3. The van der Waals surface area contributed by atoms with E-state index in [-0.39, 0.29) is 22.2 Å². The van der Waals surface area contributed by atoms with Crippen molar-refractivity contribution in [3.8, 4) is 11.5 Å². The Morgan fingerprint density at radius 2 is 1.72 bits per heavy atom. The van der Waals surface area contributed by atoms with Crippen LogP contribution in [0.15, 0.2) is 36.4 Å². The van der Waals surface area contributed by atoms with E-state index in [4.69, 9.17) is 16.3 Å². The van der Waals surface area contributed by atoms with E-state index in [9.17, 15) is 23.3 Å². The number of rotatable bonds is 4. The van der Waals surface area contributed by atoms with Gasteiger partial charge in [0.1, 0.15) is 17.2 Å². The zero-order valence-electron chi connectivity index (χ0n) is 15.6. The smallest absolute Gasteiger partial charge is 0.416 e. The normalized spacial score (nSPS) is 16.1. The van der Waals surface area contributed by atoms with E-state index in [0.29, 0.717) is 25.7 Å². The third kappa shape index (κ3) is 4.89. The van der Waals surface area contributed by atoms with Gasteiger partial charge in [0.2, 0.25) is 0 Å². The Hall–Kier alpha value is -2.56. The first-order chi connectivity index (χ1) is 13.5. The molecule has 0 atom stereocenters. The predicted octanol–water partition coefficient (Wildman–Crippen LogP) is 4.62. The van der Waals surface area contributed by atoms with Gasteiger partial charge in [-0.25, -0.2) is 0 Å². The molecule has 2 aromatic rings. The number of nitro groups is 1. The Labute approximate surface area is 170 Å². The van der Waals surface area contributed by atoms with E-state index in [1.165, 1.54) is 18.2 Å². The summed E-state index contributed by atoms with van der Waals surface area (Å²) in [5, 5.41) is 11.3. The van der Waals surface area contributed by atoms with Gasteiger partial charge < -0.3 is 9.64 Å². The molecule has 0 aromatic heterocycles. The number of hydrogen-bond donors (Lipinski definition) is 0. The van der Waals surface area contributed by atoms with Crippen LogP contribution in [0.4, 0.5) is 24.5 Å². The fourth-order valence-corrected chi connectivity index (χ4v) is 3.36. The highest BCUT2D eigenvalue weighted by Crippen LogP contribution is 2.39. The number of alkyl halides is 3. The Bertz CT molecular complexity index is 916. The van der Waals surface area contributed by atoms with Crippen molar-refractivity contribution in [3.63, 3.8) is 0 Å². The molecule has 1 fully saturated rings. The molecule has 0 aliphatic carbocycles. The van der Waals surface area contributed by atoms with E-state index in [0.717, 1.165) is 18.2 Å².